The topological polar surface area (TPSA) is 52.8 Å². The zero-order valence-corrected chi connectivity index (χ0v) is 12.3. The third-order valence-electron chi connectivity index (χ3n) is 2.84. The molecule has 0 amide bonds. The van der Waals surface area contributed by atoms with Crippen molar-refractivity contribution in [2.75, 3.05) is 7.11 Å². The molecule has 5 nitrogen and oxygen atoms in total. The fourth-order valence-corrected chi connectivity index (χ4v) is 2.29. The molecule has 0 fully saturated rings. The van der Waals surface area contributed by atoms with Crippen molar-refractivity contribution in [1.29, 1.82) is 0 Å². The molecule has 2 aromatic heterocycles. The summed E-state index contributed by atoms with van der Waals surface area (Å²) in [7, 11) is 3.43. The van der Waals surface area contributed by atoms with Crippen molar-refractivity contribution in [2.24, 2.45) is 7.05 Å². The Labute approximate surface area is 117 Å². The van der Waals surface area contributed by atoms with Gasteiger partial charge in [0.25, 0.3) is 0 Å². The van der Waals surface area contributed by atoms with Gasteiger partial charge in [-0.1, -0.05) is 24.9 Å². The van der Waals surface area contributed by atoms with Gasteiger partial charge in [-0.05, 0) is 19.4 Å². The molecule has 0 atom stereocenters. The van der Waals surface area contributed by atoms with Crippen LogP contribution in [0.4, 0.5) is 0 Å². The maximum Gasteiger partial charge on any atom is 0.222 e. The molecule has 102 valence electrons. The first-order valence-electron chi connectivity index (χ1n) is 6.18. The van der Waals surface area contributed by atoms with Gasteiger partial charge >= 0.3 is 0 Å². The number of nitrogens with zero attached hydrogens (tertiary/aromatic N) is 4. The van der Waals surface area contributed by atoms with Gasteiger partial charge in [0.05, 0.1) is 12.8 Å². The summed E-state index contributed by atoms with van der Waals surface area (Å²) in [4.78, 5) is 8.84. The van der Waals surface area contributed by atoms with E-state index >= 15 is 0 Å². The average molecular weight is 281 g/mol. The lowest BCUT2D eigenvalue weighted by Gasteiger charge is -2.06. The van der Waals surface area contributed by atoms with E-state index in [1.807, 2.05) is 14.0 Å². The maximum atomic E-state index is 6.07. The highest BCUT2D eigenvalue weighted by molar-refractivity contribution is 6.29. The number of methoxy groups -OCH3 is 1. The predicted octanol–water partition coefficient (Wildman–Crippen LogP) is 2.80. The van der Waals surface area contributed by atoms with Crippen molar-refractivity contribution in [3.63, 3.8) is 0 Å². The summed E-state index contributed by atoms with van der Waals surface area (Å²) in [6.07, 6.45) is 1.88. The third-order valence-corrected chi connectivity index (χ3v) is 3.03. The van der Waals surface area contributed by atoms with E-state index in [-0.39, 0.29) is 0 Å². The van der Waals surface area contributed by atoms with Gasteiger partial charge in [-0.3, -0.25) is 0 Å². The summed E-state index contributed by atoms with van der Waals surface area (Å²) in [5.41, 5.74) is 2.55. The fraction of sp³-hybridized carbons (Fsp3) is 0.462. The van der Waals surface area contributed by atoms with E-state index in [0.29, 0.717) is 16.9 Å². The number of rotatable bonds is 4. The molecule has 0 N–H and O–H groups in total. The summed E-state index contributed by atoms with van der Waals surface area (Å²) >= 11 is 6.07. The number of aromatic nitrogens is 4. The summed E-state index contributed by atoms with van der Waals surface area (Å²) in [5, 5.41) is 4.78. The standard InChI is InChI=1S/C13H17ClN4O/c1-5-6-9-7-10(14)16-12(15-9)11-8(2)17-18(3)13(11)19-4/h7H,5-6H2,1-4H3. The molecule has 0 radical (unpaired) electrons. The second-order valence-corrected chi connectivity index (χ2v) is 4.74. The third kappa shape index (κ3) is 2.71. The molecule has 0 spiro atoms. The van der Waals surface area contributed by atoms with Gasteiger partial charge in [0, 0.05) is 12.7 Å². The number of halogens is 1. The van der Waals surface area contributed by atoms with Crippen LogP contribution in [-0.2, 0) is 13.5 Å². The molecule has 2 aromatic rings. The lowest BCUT2D eigenvalue weighted by Crippen LogP contribution is -1.99. The molecular weight excluding hydrogens is 264 g/mol. The van der Waals surface area contributed by atoms with Gasteiger partial charge in [-0.2, -0.15) is 5.10 Å². The molecule has 0 aliphatic rings. The zero-order chi connectivity index (χ0) is 14.0. The molecule has 2 rings (SSSR count). The Morgan fingerprint density at radius 2 is 2.11 bits per heavy atom. The zero-order valence-electron chi connectivity index (χ0n) is 11.6. The van der Waals surface area contributed by atoms with Gasteiger partial charge in [-0.25, -0.2) is 14.6 Å². The van der Waals surface area contributed by atoms with Crippen molar-refractivity contribution >= 4 is 11.6 Å². The largest absolute Gasteiger partial charge is 0.481 e. The Kier molecular flexibility index (Phi) is 4.04. The van der Waals surface area contributed by atoms with Crippen LogP contribution in [0.15, 0.2) is 6.07 Å². The number of hydrogen-bond donors (Lipinski definition) is 0. The second-order valence-electron chi connectivity index (χ2n) is 4.35. The summed E-state index contributed by atoms with van der Waals surface area (Å²) in [6, 6.07) is 1.80. The highest BCUT2D eigenvalue weighted by atomic mass is 35.5. The molecular formula is C13H17ClN4O. The van der Waals surface area contributed by atoms with E-state index in [4.69, 9.17) is 16.3 Å². The fourth-order valence-electron chi connectivity index (χ4n) is 2.09. The molecule has 0 bridgehead atoms. The van der Waals surface area contributed by atoms with E-state index in [2.05, 4.69) is 22.0 Å². The Bertz CT molecular complexity index is 595. The highest BCUT2D eigenvalue weighted by Gasteiger charge is 2.19. The van der Waals surface area contributed by atoms with Crippen LogP contribution < -0.4 is 4.74 Å². The number of aryl methyl sites for hydroxylation is 3. The smallest absolute Gasteiger partial charge is 0.222 e. The van der Waals surface area contributed by atoms with Crippen molar-refractivity contribution in [3.8, 4) is 17.3 Å². The Morgan fingerprint density at radius 1 is 1.37 bits per heavy atom. The monoisotopic (exact) mass is 280 g/mol. The highest BCUT2D eigenvalue weighted by Crippen LogP contribution is 2.31. The van der Waals surface area contributed by atoms with E-state index in [0.717, 1.165) is 29.8 Å². The van der Waals surface area contributed by atoms with Crippen molar-refractivity contribution < 1.29 is 4.74 Å². The first kappa shape index (κ1) is 13.8. The SMILES string of the molecule is CCCc1cc(Cl)nc(-c2c(C)nn(C)c2OC)n1. The van der Waals surface area contributed by atoms with Crippen LogP contribution in [0.5, 0.6) is 5.88 Å². The number of hydrogen-bond acceptors (Lipinski definition) is 4. The van der Waals surface area contributed by atoms with Crippen molar-refractivity contribution in [3.05, 3.63) is 22.6 Å². The maximum absolute atomic E-state index is 6.07. The quantitative estimate of drug-likeness (QED) is 0.808. The van der Waals surface area contributed by atoms with E-state index in [1.165, 1.54) is 0 Å². The van der Waals surface area contributed by atoms with Gasteiger partial charge in [-0.15, -0.1) is 0 Å². The Balaban J connectivity index is 2.58. The van der Waals surface area contributed by atoms with Gasteiger partial charge in [0.15, 0.2) is 5.82 Å². The van der Waals surface area contributed by atoms with Gasteiger partial charge in [0.2, 0.25) is 5.88 Å². The number of ether oxygens (including phenoxy) is 1. The van der Waals surface area contributed by atoms with Crippen LogP contribution in [-0.4, -0.2) is 26.9 Å². The summed E-state index contributed by atoms with van der Waals surface area (Å²) in [5.74, 6) is 1.21. The minimum absolute atomic E-state index is 0.443. The van der Waals surface area contributed by atoms with Gasteiger partial charge in [0.1, 0.15) is 10.7 Å². The molecule has 6 heteroatoms. The molecule has 0 aromatic carbocycles. The molecule has 2 heterocycles. The van der Waals surface area contributed by atoms with Crippen LogP contribution in [0, 0.1) is 6.92 Å². The van der Waals surface area contributed by atoms with Gasteiger partial charge < -0.3 is 4.74 Å². The van der Waals surface area contributed by atoms with Crippen LogP contribution in [0.1, 0.15) is 24.7 Å². The van der Waals surface area contributed by atoms with E-state index in [9.17, 15) is 0 Å². The molecule has 0 aliphatic carbocycles. The van der Waals surface area contributed by atoms with Crippen LogP contribution in [0.3, 0.4) is 0 Å². The first-order chi connectivity index (χ1) is 9.06. The Morgan fingerprint density at radius 3 is 2.74 bits per heavy atom. The molecule has 19 heavy (non-hydrogen) atoms. The molecule has 0 aliphatic heterocycles. The summed E-state index contributed by atoms with van der Waals surface area (Å²) in [6.45, 7) is 4.01. The minimum atomic E-state index is 0.443. The van der Waals surface area contributed by atoms with Crippen molar-refractivity contribution in [2.45, 2.75) is 26.7 Å². The van der Waals surface area contributed by atoms with Crippen LogP contribution in [0.25, 0.3) is 11.4 Å². The van der Waals surface area contributed by atoms with Crippen molar-refractivity contribution in [1.82, 2.24) is 19.7 Å². The lowest BCUT2D eigenvalue weighted by molar-refractivity contribution is 0.374. The average Bonchev–Trinajstić information content (AvgIpc) is 2.63. The summed E-state index contributed by atoms with van der Waals surface area (Å²) < 4.78 is 7.04. The normalized spacial score (nSPS) is 10.8. The van der Waals surface area contributed by atoms with E-state index in [1.54, 1.807) is 17.9 Å². The molecule has 0 saturated carbocycles. The minimum Gasteiger partial charge on any atom is -0.481 e. The van der Waals surface area contributed by atoms with E-state index < -0.39 is 0 Å². The molecule has 0 unspecified atom stereocenters. The first-order valence-corrected chi connectivity index (χ1v) is 6.56. The predicted molar refractivity (Wildman–Crippen MR) is 74.5 cm³/mol. The second kappa shape index (κ2) is 5.57. The lowest BCUT2D eigenvalue weighted by atomic mass is 10.2. The Hall–Kier alpha value is -1.62. The van der Waals surface area contributed by atoms with Crippen LogP contribution >= 0.6 is 11.6 Å². The van der Waals surface area contributed by atoms with Crippen LogP contribution in [0.2, 0.25) is 5.15 Å². The molecule has 0 saturated heterocycles.